The normalized spacial score (nSPS) is 11.0. The third-order valence-electron chi connectivity index (χ3n) is 1.79. The van der Waals surface area contributed by atoms with Crippen LogP contribution in [0.1, 0.15) is 20.8 Å². The van der Waals surface area contributed by atoms with Crippen molar-refractivity contribution >= 4 is 0 Å². The van der Waals surface area contributed by atoms with Gasteiger partial charge in [0.1, 0.15) is 11.4 Å². The van der Waals surface area contributed by atoms with Gasteiger partial charge in [-0.3, -0.25) is 0 Å². The van der Waals surface area contributed by atoms with Crippen LogP contribution in [0.5, 0.6) is 17.2 Å². The zero-order valence-corrected chi connectivity index (χ0v) is 9.96. The second kappa shape index (κ2) is 4.43. The number of hydrogen-bond acceptors (Lipinski definition) is 3. The van der Waals surface area contributed by atoms with Gasteiger partial charge < -0.3 is 14.2 Å². The lowest BCUT2D eigenvalue weighted by Gasteiger charge is -2.22. The monoisotopic (exact) mass is 210 g/mol. The molecule has 0 aliphatic rings. The SMILES string of the molecule is COc1ccc(OC(C)(C)C)c(OC)c1. The van der Waals surface area contributed by atoms with Gasteiger partial charge in [0.15, 0.2) is 11.5 Å². The molecule has 0 saturated carbocycles. The summed E-state index contributed by atoms with van der Waals surface area (Å²) in [5.74, 6) is 2.17. The van der Waals surface area contributed by atoms with E-state index in [1.807, 2.05) is 32.9 Å². The predicted molar refractivity (Wildman–Crippen MR) is 59.9 cm³/mol. The summed E-state index contributed by atoms with van der Waals surface area (Å²) in [6.07, 6.45) is 0. The van der Waals surface area contributed by atoms with E-state index in [2.05, 4.69) is 0 Å². The molecule has 3 heteroatoms. The Kier molecular flexibility index (Phi) is 3.45. The van der Waals surface area contributed by atoms with Gasteiger partial charge in [-0.05, 0) is 32.9 Å². The lowest BCUT2D eigenvalue weighted by atomic mass is 10.2. The maximum atomic E-state index is 5.74. The highest BCUT2D eigenvalue weighted by atomic mass is 16.5. The first-order valence-electron chi connectivity index (χ1n) is 4.87. The van der Waals surface area contributed by atoms with Gasteiger partial charge >= 0.3 is 0 Å². The maximum absolute atomic E-state index is 5.74. The molecule has 1 aromatic carbocycles. The average molecular weight is 210 g/mol. The predicted octanol–water partition coefficient (Wildman–Crippen LogP) is 2.88. The molecule has 15 heavy (non-hydrogen) atoms. The van der Waals surface area contributed by atoms with E-state index in [0.717, 1.165) is 11.5 Å². The molecule has 0 unspecified atom stereocenters. The zero-order valence-electron chi connectivity index (χ0n) is 9.96. The van der Waals surface area contributed by atoms with E-state index in [1.54, 1.807) is 20.3 Å². The summed E-state index contributed by atoms with van der Waals surface area (Å²) in [7, 11) is 3.24. The molecule has 0 fully saturated rings. The van der Waals surface area contributed by atoms with Crippen molar-refractivity contribution in [2.45, 2.75) is 26.4 Å². The Morgan fingerprint density at radius 3 is 2.07 bits per heavy atom. The molecular weight excluding hydrogens is 192 g/mol. The summed E-state index contributed by atoms with van der Waals surface area (Å²) in [5.41, 5.74) is -0.234. The molecule has 3 nitrogen and oxygen atoms in total. The van der Waals surface area contributed by atoms with Crippen LogP contribution in [0.3, 0.4) is 0 Å². The van der Waals surface area contributed by atoms with Crippen molar-refractivity contribution in [3.05, 3.63) is 18.2 Å². The second-order valence-corrected chi connectivity index (χ2v) is 4.23. The molecule has 0 aliphatic heterocycles. The number of rotatable bonds is 3. The van der Waals surface area contributed by atoms with E-state index in [4.69, 9.17) is 14.2 Å². The Morgan fingerprint density at radius 2 is 1.60 bits per heavy atom. The Morgan fingerprint density at radius 1 is 0.933 bits per heavy atom. The van der Waals surface area contributed by atoms with Crippen LogP contribution in [0.4, 0.5) is 0 Å². The molecular formula is C12H18O3. The molecule has 84 valence electrons. The fourth-order valence-corrected chi connectivity index (χ4v) is 1.19. The van der Waals surface area contributed by atoms with E-state index in [0.29, 0.717) is 5.75 Å². The van der Waals surface area contributed by atoms with Gasteiger partial charge in [-0.1, -0.05) is 0 Å². The Bertz CT molecular complexity index is 326. The molecule has 0 atom stereocenters. The minimum Gasteiger partial charge on any atom is -0.497 e. The summed E-state index contributed by atoms with van der Waals surface area (Å²) in [6.45, 7) is 5.99. The third-order valence-corrected chi connectivity index (χ3v) is 1.79. The molecule has 0 amide bonds. The highest BCUT2D eigenvalue weighted by molar-refractivity contribution is 5.45. The molecule has 0 aromatic heterocycles. The maximum Gasteiger partial charge on any atom is 0.164 e. The molecule has 0 heterocycles. The summed E-state index contributed by atoms with van der Waals surface area (Å²) < 4.78 is 16.1. The second-order valence-electron chi connectivity index (χ2n) is 4.23. The molecule has 0 radical (unpaired) electrons. The topological polar surface area (TPSA) is 27.7 Å². The molecule has 1 aromatic rings. The first-order valence-corrected chi connectivity index (χ1v) is 4.87. The molecule has 0 saturated heterocycles. The van der Waals surface area contributed by atoms with E-state index in [-0.39, 0.29) is 5.60 Å². The van der Waals surface area contributed by atoms with Crippen LogP contribution in [-0.2, 0) is 0 Å². The van der Waals surface area contributed by atoms with Crippen molar-refractivity contribution in [3.8, 4) is 17.2 Å². The molecule has 0 spiro atoms. The largest absolute Gasteiger partial charge is 0.497 e. The smallest absolute Gasteiger partial charge is 0.164 e. The van der Waals surface area contributed by atoms with Gasteiger partial charge in [-0.25, -0.2) is 0 Å². The van der Waals surface area contributed by atoms with Crippen LogP contribution in [0.2, 0.25) is 0 Å². The van der Waals surface area contributed by atoms with Gasteiger partial charge in [0.25, 0.3) is 0 Å². The third kappa shape index (κ3) is 3.35. The van der Waals surface area contributed by atoms with Crippen molar-refractivity contribution in [1.82, 2.24) is 0 Å². The van der Waals surface area contributed by atoms with Crippen molar-refractivity contribution in [1.29, 1.82) is 0 Å². The quantitative estimate of drug-likeness (QED) is 0.767. The van der Waals surface area contributed by atoms with Gasteiger partial charge in [-0.15, -0.1) is 0 Å². The van der Waals surface area contributed by atoms with E-state index < -0.39 is 0 Å². The van der Waals surface area contributed by atoms with Crippen LogP contribution in [0, 0.1) is 0 Å². The van der Waals surface area contributed by atoms with Gasteiger partial charge in [0.05, 0.1) is 14.2 Å². The Balaban J connectivity index is 2.97. The van der Waals surface area contributed by atoms with Crippen LogP contribution < -0.4 is 14.2 Å². The van der Waals surface area contributed by atoms with Crippen molar-refractivity contribution < 1.29 is 14.2 Å². The summed E-state index contributed by atoms with van der Waals surface area (Å²) >= 11 is 0. The highest BCUT2D eigenvalue weighted by Crippen LogP contribution is 2.33. The van der Waals surface area contributed by atoms with Gasteiger partial charge in [-0.2, -0.15) is 0 Å². The van der Waals surface area contributed by atoms with E-state index in [1.165, 1.54) is 0 Å². The first-order chi connectivity index (χ1) is 6.96. The van der Waals surface area contributed by atoms with Crippen LogP contribution >= 0.6 is 0 Å². The van der Waals surface area contributed by atoms with Gasteiger partial charge in [0, 0.05) is 6.07 Å². The fourth-order valence-electron chi connectivity index (χ4n) is 1.19. The van der Waals surface area contributed by atoms with E-state index >= 15 is 0 Å². The molecule has 0 N–H and O–H groups in total. The van der Waals surface area contributed by atoms with Crippen LogP contribution in [-0.4, -0.2) is 19.8 Å². The van der Waals surface area contributed by atoms with Gasteiger partial charge in [0.2, 0.25) is 0 Å². The standard InChI is InChI=1S/C12H18O3/c1-12(2,3)15-10-7-6-9(13-4)8-11(10)14-5/h6-8H,1-5H3. The highest BCUT2D eigenvalue weighted by Gasteiger charge is 2.15. The minimum absolute atomic E-state index is 0.234. The van der Waals surface area contributed by atoms with Crippen molar-refractivity contribution in [3.63, 3.8) is 0 Å². The average Bonchev–Trinajstić information content (AvgIpc) is 2.16. The summed E-state index contributed by atoms with van der Waals surface area (Å²) in [4.78, 5) is 0. The summed E-state index contributed by atoms with van der Waals surface area (Å²) in [5, 5.41) is 0. The number of methoxy groups -OCH3 is 2. The minimum atomic E-state index is -0.234. The lowest BCUT2D eigenvalue weighted by molar-refractivity contribution is 0.125. The van der Waals surface area contributed by atoms with E-state index in [9.17, 15) is 0 Å². The molecule has 1 rings (SSSR count). The Labute approximate surface area is 91.0 Å². The lowest BCUT2D eigenvalue weighted by Crippen LogP contribution is -2.23. The molecule has 0 bridgehead atoms. The van der Waals surface area contributed by atoms with Crippen LogP contribution in [0.15, 0.2) is 18.2 Å². The molecule has 0 aliphatic carbocycles. The Hall–Kier alpha value is -1.38. The van der Waals surface area contributed by atoms with Crippen molar-refractivity contribution in [2.24, 2.45) is 0 Å². The zero-order chi connectivity index (χ0) is 11.5. The number of hydrogen-bond donors (Lipinski definition) is 0. The first kappa shape index (κ1) is 11.7. The number of ether oxygens (including phenoxy) is 3. The number of benzene rings is 1. The summed E-state index contributed by atoms with van der Waals surface area (Å²) in [6, 6.07) is 5.51. The van der Waals surface area contributed by atoms with Crippen molar-refractivity contribution in [2.75, 3.05) is 14.2 Å². The fraction of sp³-hybridized carbons (Fsp3) is 0.500. The van der Waals surface area contributed by atoms with Crippen LogP contribution in [0.25, 0.3) is 0 Å².